The quantitative estimate of drug-likeness (QED) is 0.431. The number of hydrogen-bond acceptors (Lipinski definition) is 2. The average molecular weight is 314 g/mol. The summed E-state index contributed by atoms with van der Waals surface area (Å²) < 4.78 is 13.4. The molecular weight excluding hydrogens is 293 g/mol. The molecule has 0 N–H and O–H groups in total. The molecule has 1 aromatic carbocycles. The molecule has 3 nitrogen and oxygen atoms in total. The first kappa shape index (κ1) is 16.2. The number of hydrogen-bond donors (Lipinski definition) is 0. The van der Waals surface area contributed by atoms with Crippen molar-refractivity contribution in [2.24, 2.45) is 11.8 Å². The maximum absolute atomic E-state index is 13.4. The third-order valence-electron chi connectivity index (χ3n) is 4.42. The number of rotatable bonds is 5. The van der Waals surface area contributed by atoms with Crippen LogP contribution in [-0.2, 0) is 6.42 Å². The van der Waals surface area contributed by atoms with Crippen LogP contribution in [0.15, 0.2) is 18.2 Å². The number of halogens is 2. The van der Waals surface area contributed by atoms with Gasteiger partial charge in [-0.1, -0.05) is 19.8 Å². The van der Waals surface area contributed by atoms with Gasteiger partial charge in [0.1, 0.15) is 5.82 Å². The van der Waals surface area contributed by atoms with Crippen LogP contribution in [0, 0.1) is 27.8 Å². The normalized spacial score (nSPS) is 25.8. The first-order chi connectivity index (χ1) is 10.0. The molecule has 1 aliphatic carbocycles. The zero-order valence-corrected chi connectivity index (χ0v) is 13.0. The Bertz CT molecular complexity index is 509. The summed E-state index contributed by atoms with van der Waals surface area (Å²) in [6.07, 6.45) is 5.86. The minimum absolute atomic E-state index is 0.00196. The predicted molar refractivity (Wildman–Crippen MR) is 82.1 cm³/mol. The van der Waals surface area contributed by atoms with Crippen molar-refractivity contribution in [3.8, 4) is 0 Å². The second-order valence-electron chi connectivity index (χ2n) is 5.98. The van der Waals surface area contributed by atoms with Gasteiger partial charge in [0.15, 0.2) is 0 Å². The Kier molecular flexibility index (Phi) is 5.57. The van der Waals surface area contributed by atoms with Gasteiger partial charge in [0.25, 0.3) is 5.69 Å². The molecule has 0 aliphatic heterocycles. The first-order valence-electron chi connectivity index (χ1n) is 7.58. The smallest absolute Gasteiger partial charge is 0.258 e. The highest BCUT2D eigenvalue weighted by Gasteiger charge is 2.30. The molecule has 21 heavy (non-hydrogen) atoms. The van der Waals surface area contributed by atoms with Gasteiger partial charge in [-0.05, 0) is 49.7 Å². The average Bonchev–Trinajstić information content (AvgIpc) is 2.42. The molecule has 0 heterocycles. The summed E-state index contributed by atoms with van der Waals surface area (Å²) in [5.74, 6) is 0.405. The monoisotopic (exact) mass is 313 g/mol. The zero-order valence-electron chi connectivity index (χ0n) is 12.2. The highest BCUT2D eigenvalue weighted by molar-refractivity contribution is 6.20. The molecule has 0 aromatic heterocycles. The van der Waals surface area contributed by atoms with Crippen molar-refractivity contribution in [1.82, 2.24) is 0 Å². The fraction of sp³-hybridized carbons (Fsp3) is 0.625. The summed E-state index contributed by atoms with van der Waals surface area (Å²) in [6.45, 7) is 2.17. The standard InChI is InChI=1S/C16H21ClFNO2/c1-2-3-11-4-6-15(17)12(8-11)9-13-10-14(18)5-7-16(13)19(20)21/h5,7,10-12,15H,2-4,6,8-9H2,1H3. The molecule has 0 spiro atoms. The summed E-state index contributed by atoms with van der Waals surface area (Å²) in [6, 6.07) is 3.67. The molecule has 116 valence electrons. The summed E-state index contributed by atoms with van der Waals surface area (Å²) in [5.41, 5.74) is 0.464. The molecule has 0 saturated heterocycles. The van der Waals surface area contributed by atoms with Crippen LogP contribution >= 0.6 is 11.6 Å². The van der Waals surface area contributed by atoms with E-state index in [9.17, 15) is 14.5 Å². The molecule has 1 aliphatic rings. The van der Waals surface area contributed by atoms with E-state index in [4.69, 9.17) is 11.6 Å². The van der Waals surface area contributed by atoms with Crippen molar-refractivity contribution in [3.63, 3.8) is 0 Å². The highest BCUT2D eigenvalue weighted by atomic mass is 35.5. The molecule has 0 amide bonds. The van der Waals surface area contributed by atoms with Gasteiger partial charge in [-0.25, -0.2) is 4.39 Å². The zero-order chi connectivity index (χ0) is 15.4. The van der Waals surface area contributed by atoms with Gasteiger partial charge in [0.05, 0.1) is 4.92 Å². The van der Waals surface area contributed by atoms with Crippen LogP contribution in [0.1, 0.15) is 44.6 Å². The second kappa shape index (κ2) is 7.21. The van der Waals surface area contributed by atoms with Gasteiger partial charge in [-0.2, -0.15) is 0 Å². The molecule has 5 heteroatoms. The lowest BCUT2D eigenvalue weighted by molar-refractivity contribution is -0.385. The predicted octanol–water partition coefficient (Wildman–Crippen LogP) is 5.10. The van der Waals surface area contributed by atoms with E-state index in [0.717, 1.165) is 31.7 Å². The van der Waals surface area contributed by atoms with Crippen molar-refractivity contribution in [2.75, 3.05) is 0 Å². The fourth-order valence-electron chi connectivity index (χ4n) is 3.38. The molecule has 3 unspecified atom stereocenters. The maximum Gasteiger partial charge on any atom is 0.272 e. The fourth-order valence-corrected chi connectivity index (χ4v) is 3.70. The van der Waals surface area contributed by atoms with Crippen molar-refractivity contribution >= 4 is 17.3 Å². The molecule has 1 saturated carbocycles. The lowest BCUT2D eigenvalue weighted by Gasteiger charge is -2.33. The van der Waals surface area contributed by atoms with Crippen molar-refractivity contribution in [3.05, 3.63) is 39.7 Å². The Hall–Kier alpha value is -1.16. The van der Waals surface area contributed by atoms with E-state index in [1.807, 2.05) is 0 Å². The largest absolute Gasteiger partial charge is 0.272 e. The molecule has 0 radical (unpaired) electrons. The summed E-state index contributed by atoms with van der Waals surface area (Å²) >= 11 is 6.41. The van der Waals surface area contributed by atoms with Crippen LogP contribution < -0.4 is 0 Å². The lowest BCUT2D eigenvalue weighted by atomic mass is 9.76. The minimum atomic E-state index is -0.440. The van der Waals surface area contributed by atoms with Gasteiger partial charge in [0, 0.05) is 17.0 Å². The van der Waals surface area contributed by atoms with Gasteiger partial charge in [-0.3, -0.25) is 10.1 Å². The summed E-state index contributed by atoms with van der Waals surface area (Å²) in [5, 5.41) is 11.1. The number of nitro groups is 1. The van der Waals surface area contributed by atoms with E-state index >= 15 is 0 Å². The van der Waals surface area contributed by atoms with Crippen molar-refractivity contribution in [2.45, 2.75) is 50.8 Å². The van der Waals surface area contributed by atoms with Gasteiger partial charge in [0.2, 0.25) is 0 Å². The van der Waals surface area contributed by atoms with E-state index < -0.39 is 10.7 Å². The van der Waals surface area contributed by atoms with E-state index in [2.05, 4.69) is 6.92 Å². The third kappa shape index (κ3) is 4.16. The first-order valence-corrected chi connectivity index (χ1v) is 8.01. The lowest BCUT2D eigenvalue weighted by Crippen LogP contribution is -2.27. The Morgan fingerprint density at radius 1 is 1.43 bits per heavy atom. The molecule has 3 atom stereocenters. The van der Waals surface area contributed by atoms with Crippen LogP contribution in [0.5, 0.6) is 0 Å². The van der Waals surface area contributed by atoms with Crippen molar-refractivity contribution in [1.29, 1.82) is 0 Å². The number of benzene rings is 1. The molecule has 1 fully saturated rings. The Balaban J connectivity index is 2.15. The van der Waals surface area contributed by atoms with E-state index in [0.29, 0.717) is 17.9 Å². The maximum atomic E-state index is 13.4. The van der Waals surface area contributed by atoms with E-state index in [1.165, 1.54) is 18.6 Å². The Morgan fingerprint density at radius 3 is 2.86 bits per heavy atom. The topological polar surface area (TPSA) is 43.1 Å². The molecular formula is C16H21ClFNO2. The van der Waals surface area contributed by atoms with Gasteiger partial charge >= 0.3 is 0 Å². The number of alkyl halides is 1. The molecule has 1 aromatic rings. The SMILES string of the molecule is CCCC1CCC(Cl)C(Cc2cc(F)ccc2[N+](=O)[O-])C1. The van der Waals surface area contributed by atoms with Crippen LogP contribution in [0.4, 0.5) is 10.1 Å². The second-order valence-corrected chi connectivity index (χ2v) is 6.54. The van der Waals surface area contributed by atoms with Crippen molar-refractivity contribution < 1.29 is 9.31 Å². The van der Waals surface area contributed by atoms with Gasteiger partial charge < -0.3 is 0 Å². The van der Waals surface area contributed by atoms with E-state index in [1.54, 1.807) is 0 Å². The van der Waals surface area contributed by atoms with Crippen LogP contribution in [-0.4, -0.2) is 10.3 Å². The van der Waals surface area contributed by atoms with E-state index in [-0.39, 0.29) is 17.0 Å². The Labute approximate surface area is 129 Å². The highest BCUT2D eigenvalue weighted by Crippen LogP contribution is 2.38. The van der Waals surface area contributed by atoms with Crippen LogP contribution in [0.2, 0.25) is 0 Å². The Morgan fingerprint density at radius 2 is 2.19 bits per heavy atom. The summed E-state index contributed by atoms with van der Waals surface area (Å²) in [7, 11) is 0. The van der Waals surface area contributed by atoms with Gasteiger partial charge in [-0.15, -0.1) is 11.6 Å². The number of nitrogens with zero attached hydrogens (tertiary/aromatic N) is 1. The third-order valence-corrected chi connectivity index (χ3v) is 4.99. The molecule has 0 bridgehead atoms. The minimum Gasteiger partial charge on any atom is -0.258 e. The van der Waals surface area contributed by atoms with Crippen LogP contribution in [0.3, 0.4) is 0 Å². The molecule has 2 rings (SSSR count). The van der Waals surface area contributed by atoms with Crippen LogP contribution in [0.25, 0.3) is 0 Å². The summed E-state index contributed by atoms with van der Waals surface area (Å²) in [4.78, 5) is 10.6. The number of nitro benzene ring substituents is 1.